The van der Waals surface area contributed by atoms with Crippen LogP contribution in [-0.4, -0.2) is 9.13 Å². The number of aromatic nitrogens is 2. The third-order valence-electron chi connectivity index (χ3n) is 4.65. The van der Waals surface area contributed by atoms with Crippen molar-refractivity contribution in [2.75, 3.05) is 0 Å². The number of benzene rings is 3. The molecule has 0 bridgehead atoms. The minimum absolute atomic E-state index is 0.618. The van der Waals surface area contributed by atoms with Gasteiger partial charge < -0.3 is 5.73 Å². The smallest absolute Gasteiger partial charge is 0.0178 e. The van der Waals surface area contributed by atoms with Crippen LogP contribution in [0.4, 0.5) is 0 Å². The van der Waals surface area contributed by atoms with Gasteiger partial charge in [0.1, 0.15) is 0 Å². The molecule has 0 fully saturated rings. The molecule has 152 valence electrons. The van der Waals surface area contributed by atoms with E-state index in [1.807, 2.05) is 24.3 Å². The van der Waals surface area contributed by atoms with Crippen LogP contribution in [0.1, 0.15) is 5.56 Å². The van der Waals surface area contributed by atoms with Crippen molar-refractivity contribution < 1.29 is 19.4 Å². The van der Waals surface area contributed by atoms with Gasteiger partial charge in [0.05, 0.1) is 0 Å². The van der Waals surface area contributed by atoms with E-state index in [0.29, 0.717) is 6.54 Å². The molecule has 4 aromatic rings. The predicted molar refractivity (Wildman–Crippen MR) is 121 cm³/mol. The van der Waals surface area contributed by atoms with E-state index >= 15 is 0 Å². The summed E-state index contributed by atoms with van der Waals surface area (Å²) in [6, 6.07) is 29.1. The molecule has 1 heterocycles. The minimum atomic E-state index is 0.618. The summed E-state index contributed by atoms with van der Waals surface area (Å²) in [4.78, 5) is 0. The van der Waals surface area contributed by atoms with Crippen LogP contribution in [-0.2, 0) is 40.0 Å². The Hall–Kier alpha value is -2.00. The van der Waals surface area contributed by atoms with E-state index in [9.17, 15) is 0 Å². The van der Waals surface area contributed by atoms with Gasteiger partial charge in [0.25, 0.3) is 0 Å². The van der Waals surface area contributed by atoms with Crippen LogP contribution >= 0.6 is 15.9 Å². The van der Waals surface area contributed by atoms with Gasteiger partial charge in [-0.3, -0.25) is 0 Å². The van der Waals surface area contributed by atoms with Gasteiger partial charge >= 0.3 is 130 Å². The maximum Gasteiger partial charge on any atom is 0.0178 e. The van der Waals surface area contributed by atoms with E-state index in [4.69, 9.17) is 5.73 Å². The second-order valence-electron chi connectivity index (χ2n) is 6.62. The molecule has 4 rings (SSSR count). The Balaban J connectivity index is 0.000000224. The van der Waals surface area contributed by atoms with E-state index in [-0.39, 0.29) is 0 Å². The topological polar surface area (TPSA) is 35.9 Å². The summed E-state index contributed by atoms with van der Waals surface area (Å²) in [5, 5.41) is 0. The number of hydrogen-bond donors (Lipinski definition) is 1. The Morgan fingerprint density at radius 3 is 1.52 bits per heavy atom. The Morgan fingerprint density at radius 1 is 0.724 bits per heavy atom. The molecule has 1 aromatic heterocycles. The van der Waals surface area contributed by atoms with Gasteiger partial charge in [-0.05, 0) is 17.7 Å². The first kappa shape index (κ1) is 21.7. The summed E-state index contributed by atoms with van der Waals surface area (Å²) in [6.45, 7) is 0.618. The van der Waals surface area contributed by atoms with Crippen LogP contribution < -0.4 is 5.73 Å². The largest absolute Gasteiger partial charge is 0.326 e. The van der Waals surface area contributed by atoms with Crippen molar-refractivity contribution >= 4 is 15.9 Å². The number of hydrogen-bond acceptors (Lipinski definition) is 1. The SMILES string of the molecule is Cn1c(-c2ccccc2)c(-c2ccccc2)n(C)[c]1=[Pt].NCc1ccc(Br)cc1. The molecule has 0 saturated carbocycles. The number of nitrogens with zero attached hydrogens (tertiary/aromatic N) is 2. The summed E-state index contributed by atoms with van der Waals surface area (Å²) in [6.07, 6.45) is 0. The average molecular weight is 629 g/mol. The average Bonchev–Trinajstić information content (AvgIpc) is 3.00. The fraction of sp³-hybridized carbons (Fsp3) is 0.125. The van der Waals surface area contributed by atoms with Crippen molar-refractivity contribution in [3.63, 3.8) is 0 Å². The van der Waals surface area contributed by atoms with Crippen LogP contribution in [0.25, 0.3) is 22.5 Å². The number of imidazole rings is 1. The van der Waals surface area contributed by atoms with Gasteiger partial charge in [-0.2, -0.15) is 0 Å². The summed E-state index contributed by atoms with van der Waals surface area (Å²) >= 11 is 5.71. The Morgan fingerprint density at radius 2 is 1.14 bits per heavy atom. The first-order chi connectivity index (χ1) is 14.0. The number of nitrogens with two attached hydrogens (primary N) is 1. The third-order valence-corrected chi connectivity index (χ3v) is 6.70. The van der Waals surface area contributed by atoms with Crippen LogP contribution in [0.3, 0.4) is 0 Å². The van der Waals surface area contributed by atoms with E-state index < -0.39 is 0 Å². The molecular formula is C24H24BrN3Pt. The monoisotopic (exact) mass is 628 g/mol. The first-order valence-corrected chi connectivity index (χ1v) is 11.2. The molecule has 5 heteroatoms. The molecule has 3 aromatic carbocycles. The van der Waals surface area contributed by atoms with Gasteiger partial charge in [-0.25, -0.2) is 0 Å². The standard InChI is InChI=1S/C17H16N2.C7H8BrN.Pt/c1-18-13-19(2)17(15-11-7-4-8-12-15)16(18)14-9-5-3-6-10-14;8-7-3-1-6(5-9)2-4-7;/h3-12H,1-2H3;1-4H,5,9H2;. The second kappa shape index (κ2) is 10.2. The van der Waals surface area contributed by atoms with Crippen LogP contribution in [0, 0.1) is 3.80 Å². The predicted octanol–water partition coefficient (Wildman–Crippen LogP) is 5.68. The van der Waals surface area contributed by atoms with Crippen LogP contribution in [0.5, 0.6) is 0 Å². The number of halogens is 1. The summed E-state index contributed by atoms with van der Waals surface area (Å²) < 4.78 is 6.81. The second-order valence-corrected chi connectivity index (χ2v) is 8.55. The minimum Gasteiger partial charge on any atom is -0.326 e. The fourth-order valence-corrected chi connectivity index (χ4v) is 3.96. The maximum atomic E-state index is 5.38. The molecule has 29 heavy (non-hydrogen) atoms. The summed E-state index contributed by atoms with van der Waals surface area (Å²) in [5.41, 5.74) is 11.5. The molecule has 0 amide bonds. The van der Waals surface area contributed by atoms with Crippen molar-refractivity contribution in [1.29, 1.82) is 0 Å². The molecular weight excluding hydrogens is 605 g/mol. The molecule has 0 aliphatic heterocycles. The molecule has 0 aliphatic carbocycles. The van der Waals surface area contributed by atoms with Crippen molar-refractivity contribution in [2.24, 2.45) is 19.8 Å². The van der Waals surface area contributed by atoms with Crippen molar-refractivity contribution in [3.8, 4) is 22.5 Å². The van der Waals surface area contributed by atoms with E-state index in [2.05, 4.69) is 119 Å². The molecule has 0 spiro atoms. The van der Waals surface area contributed by atoms with E-state index in [1.54, 1.807) is 0 Å². The quantitative estimate of drug-likeness (QED) is 0.311. The van der Waals surface area contributed by atoms with Gasteiger partial charge in [0, 0.05) is 11.0 Å². The zero-order valence-corrected chi connectivity index (χ0v) is 20.3. The third kappa shape index (κ3) is 5.14. The van der Waals surface area contributed by atoms with E-state index in [0.717, 1.165) is 4.47 Å². The zero-order valence-electron chi connectivity index (χ0n) is 16.5. The van der Waals surface area contributed by atoms with Crippen molar-refractivity contribution in [2.45, 2.75) is 6.54 Å². The maximum absolute atomic E-state index is 5.38. The fourth-order valence-electron chi connectivity index (χ4n) is 3.19. The molecule has 0 atom stereocenters. The molecule has 0 unspecified atom stereocenters. The molecule has 2 N–H and O–H groups in total. The Kier molecular flexibility index (Phi) is 7.60. The molecule has 0 radical (unpaired) electrons. The van der Waals surface area contributed by atoms with Crippen molar-refractivity contribution in [3.05, 3.63) is 98.8 Å². The van der Waals surface area contributed by atoms with E-state index in [1.165, 1.54) is 31.9 Å². The Labute approximate surface area is 191 Å². The van der Waals surface area contributed by atoms with Crippen molar-refractivity contribution in [1.82, 2.24) is 9.13 Å². The van der Waals surface area contributed by atoms with Gasteiger partial charge in [0.2, 0.25) is 0 Å². The summed E-state index contributed by atoms with van der Waals surface area (Å²) in [5.74, 6) is 0. The summed E-state index contributed by atoms with van der Waals surface area (Å²) in [7, 11) is 4.24. The van der Waals surface area contributed by atoms with Gasteiger partial charge in [0.15, 0.2) is 0 Å². The number of rotatable bonds is 3. The molecule has 0 aliphatic rings. The molecule has 0 saturated heterocycles. The van der Waals surface area contributed by atoms with Gasteiger partial charge in [-0.1, -0.05) is 28.1 Å². The Bertz CT molecular complexity index is 1050. The van der Waals surface area contributed by atoms with Crippen LogP contribution in [0.15, 0.2) is 89.4 Å². The normalized spacial score (nSPS) is 10.4. The molecule has 3 nitrogen and oxygen atoms in total. The first-order valence-electron chi connectivity index (χ1n) is 9.29. The zero-order chi connectivity index (χ0) is 20.8. The van der Waals surface area contributed by atoms with Crippen LogP contribution in [0.2, 0.25) is 0 Å². The van der Waals surface area contributed by atoms with Gasteiger partial charge in [-0.15, -0.1) is 0 Å².